The lowest BCUT2D eigenvalue weighted by atomic mass is 10.2. The maximum atomic E-state index is 5.80. The van der Waals surface area contributed by atoms with Crippen LogP contribution >= 0.6 is 0 Å². The lowest BCUT2D eigenvalue weighted by molar-refractivity contribution is 0.483. The summed E-state index contributed by atoms with van der Waals surface area (Å²) in [4.78, 5) is 3.16. The Balaban J connectivity index is 1.91. The van der Waals surface area contributed by atoms with E-state index in [-0.39, 0.29) is 0 Å². The molecule has 1 aromatic heterocycles. The molecule has 3 rings (SSSR count). The smallest absolute Gasteiger partial charge is 0.128 e. The first-order valence-electron chi connectivity index (χ1n) is 5.63. The molecule has 0 aliphatic carbocycles. The van der Waals surface area contributed by atoms with Gasteiger partial charge in [-0.2, -0.15) is 0 Å². The van der Waals surface area contributed by atoms with Crippen molar-refractivity contribution in [3.05, 3.63) is 60.3 Å². The molecule has 0 spiro atoms. The fraction of sp³-hybridized carbons (Fsp3) is 0.0667. The van der Waals surface area contributed by atoms with Gasteiger partial charge < -0.3 is 9.72 Å². The summed E-state index contributed by atoms with van der Waals surface area (Å²) in [5.41, 5.74) is 2.36. The van der Waals surface area contributed by atoms with Crippen LogP contribution in [0.5, 0.6) is 11.5 Å². The summed E-state index contributed by atoms with van der Waals surface area (Å²) in [7, 11) is 0. The third-order valence-electron chi connectivity index (χ3n) is 2.78. The molecule has 2 heteroatoms. The van der Waals surface area contributed by atoms with Crippen LogP contribution in [0.4, 0.5) is 0 Å². The first kappa shape index (κ1) is 9.97. The highest BCUT2D eigenvalue weighted by atomic mass is 16.5. The molecule has 1 heterocycles. The molecular weight excluding hydrogens is 210 g/mol. The first-order chi connectivity index (χ1) is 8.31. The van der Waals surface area contributed by atoms with Gasteiger partial charge in [-0.05, 0) is 43.3 Å². The second-order valence-electron chi connectivity index (χ2n) is 4.14. The minimum Gasteiger partial charge on any atom is -0.457 e. The van der Waals surface area contributed by atoms with Crippen molar-refractivity contribution in [3.8, 4) is 11.5 Å². The molecule has 1 N–H and O–H groups in total. The number of aromatic amines is 1. The number of rotatable bonds is 2. The van der Waals surface area contributed by atoms with Gasteiger partial charge in [-0.15, -0.1) is 0 Å². The van der Waals surface area contributed by atoms with E-state index in [0.29, 0.717) is 0 Å². The minimum atomic E-state index is 0.862. The van der Waals surface area contributed by atoms with E-state index in [1.54, 1.807) is 0 Å². The molecular formula is C15H13NO. The minimum absolute atomic E-state index is 0.862. The zero-order valence-electron chi connectivity index (χ0n) is 9.60. The zero-order valence-corrected chi connectivity index (χ0v) is 9.60. The monoisotopic (exact) mass is 223 g/mol. The SMILES string of the molecule is Cc1ccc(Oc2ccc3[nH]ccc3c2)cc1. The topological polar surface area (TPSA) is 25.0 Å². The van der Waals surface area contributed by atoms with Gasteiger partial charge in [0.1, 0.15) is 11.5 Å². The summed E-state index contributed by atoms with van der Waals surface area (Å²) >= 11 is 0. The van der Waals surface area contributed by atoms with Crippen LogP contribution < -0.4 is 4.74 Å². The second kappa shape index (κ2) is 3.98. The Morgan fingerprint density at radius 1 is 0.882 bits per heavy atom. The normalized spacial score (nSPS) is 10.6. The number of aromatic nitrogens is 1. The number of nitrogens with one attached hydrogen (secondary N) is 1. The van der Waals surface area contributed by atoms with Crippen molar-refractivity contribution in [1.29, 1.82) is 0 Å². The molecule has 0 aliphatic rings. The van der Waals surface area contributed by atoms with Crippen LogP contribution in [-0.4, -0.2) is 4.98 Å². The summed E-state index contributed by atoms with van der Waals surface area (Å²) in [5, 5.41) is 1.16. The van der Waals surface area contributed by atoms with Crippen molar-refractivity contribution < 1.29 is 4.74 Å². The number of hydrogen-bond acceptors (Lipinski definition) is 1. The molecule has 2 nitrogen and oxygen atoms in total. The van der Waals surface area contributed by atoms with Crippen LogP contribution in [0.3, 0.4) is 0 Å². The predicted octanol–water partition coefficient (Wildman–Crippen LogP) is 4.27. The van der Waals surface area contributed by atoms with Gasteiger partial charge in [-0.3, -0.25) is 0 Å². The molecule has 0 saturated carbocycles. The molecule has 0 saturated heterocycles. The summed E-state index contributed by atoms with van der Waals surface area (Å²) < 4.78 is 5.80. The quantitative estimate of drug-likeness (QED) is 0.689. The third-order valence-corrected chi connectivity index (χ3v) is 2.78. The van der Waals surface area contributed by atoms with Gasteiger partial charge >= 0.3 is 0 Å². The fourth-order valence-electron chi connectivity index (χ4n) is 1.84. The highest BCUT2D eigenvalue weighted by molar-refractivity contribution is 5.80. The van der Waals surface area contributed by atoms with E-state index in [2.05, 4.69) is 11.9 Å². The van der Waals surface area contributed by atoms with Crippen LogP contribution in [0.2, 0.25) is 0 Å². The molecule has 0 bridgehead atoms. The van der Waals surface area contributed by atoms with E-state index in [0.717, 1.165) is 22.4 Å². The van der Waals surface area contributed by atoms with Crippen molar-refractivity contribution in [3.63, 3.8) is 0 Å². The van der Waals surface area contributed by atoms with Crippen LogP contribution in [0.1, 0.15) is 5.56 Å². The standard InChI is InChI=1S/C15H13NO/c1-11-2-4-13(5-3-11)17-14-6-7-15-12(10-14)8-9-16-15/h2-10,16H,1H3. The van der Waals surface area contributed by atoms with E-state index < -0.39 is 0 Å². The summed E-state index contributed by atoms with van der Waals surface area (Å²) in [6.45, 7) is 2.07. The highest BCUT2D eigenvalue weighted by Gasteiger charge is 1.99. The van der Waals surface area contributed by atoms with E-state index in [1.165, 1.54) is 5.56 Å². The summed E-state index contributed by atoms with van der Waals surface area (Å²) in [5.74, 6) is 1.73. The van der Waals surface area contributed by atoms with Crippen molar-refractivity contribution in [2.75, 3.05) is 0 Å². The fourth-order valence-corrected chi connectivity index (χ4v) is 1.84. The number of hydrogen-bond donors (Lipinski definition) is 1. The van der Waals surface area contributed by atoms with E-state index >= 15 is 0 Å². The maximum Gasteiger partial charge on any atom is 0.128 e. The molecule has 0 atom stereocenters. The summed E-state index contributed by atoms with van der Waals surface area (Å²) in [6, 6.07) is 16.1. The molecule has 3 aromatic rings. The molecule has 0 aliphatic heterocycles. The molecule has 0 unspecified atom stereocenters. The van der Waals surface area contributed by atoms with E-state index in [1.807, 2.05) is 54.7 Å². The van der Waals surface area contributed by atoms with Gasteiger partial charge in [0.05, 0.1) is 0 Å². The average molecular weight is 223 g/mol. The Labute approximate surface area is 99.9 Å². The van der Waals surface area contributed by atoms with Crippen LogP contribution in [0.25, 0.3) is 10.9 Å². The molecule has 0 amide bonds. The molecule has 2 aromatic carbocycles. The van der Waals surface area contributed by atoms with Gasteiger partial charge in [-0.25, -0.2) is 0 Å². The first-order valence-corrected chi connectivity index (χ1v) is 5.63. The molecule has 17 heavy (non-hydrogen) atoms. The molecule has 0 fully saturated rings. The van der Waals surface area contributed by atoms with Crippen molar-refractivity contribution in [1.82, 2.24) is 4.98 Å². The van der Waals surface area contributed by atoms with Crippen LogP contribution in [0, 0.1) is 6.92 Å². The largest absolute Gasteiger partial charge is 0.457 e. The second-order valence-corrected chi connectivity index (χ2v) is 4.14. The van der Waals surface area contributed by atoms with Gasteiger partial charge in [0.2, 0.25) is 0 Å². The number of fused-ring (bicyclic) bond motifs is 1. The van der Waals surface area contributed by atoms with Crippen LogP contribution in [-0.2, 0) is 0 Å². The van der Waals surface area contributed by atoms with Gasteiger partial charge in [0, 0.05) is 17.1 Å². The lowest BCUT2D eigenvalue weighted by Gasteiger charge is -2.05. The number of aryl methyl sites for hydroxylation is 1. The Hall–Kier alpha value is -2.22. The number of H-pyrrole nitrogens is 1. The lowest BCUT2D eigenvalue weighted by Crippen LogP contribution is -1.83. The van der Waals surface area contributed by atoms with E-state index in [4.69, 9.17) is 4.74 Å². The zero-order chi connectivity index (χ0) is 11.7. The maximum absolute atomic E-state index is 5.80. The Morgan fingerprint density at radius 3 is 2.47 bits per heavy atom. The Morgan fingerprint density at radius 2 is 1.65 bits per heavy atom. The van der Waals surface area contributed by atoms with Crippen molar-refractivity contribution in [2.24, 2.45) is 0 Å². The Bertz CT molecular complexity index is 637. The van der Waals surface area contributed by atoms with Crippen LogP contribution in [0.15, 0.2) is 54.7 Å². The summed E-state index contributed by atoms with van der Waals surface area (Å²) in [6.07, 6.45) is 1.93. The Kier molecular flexibility index (Phi) is 2.33. The van der Waals surface area contributed by atoms with Gasteiger partial charge in [0.15, 0.2) is 0 Å². The highest BCUT2D eigenvalue weighted by Crippen LogP contribution is 2.25. The predicted molar refractivity (Wildman–Crippen MR) is 69.6 cm³/mol. The average Bonchev–Trinajstić information content (AvgIpc) is 2.79. The van der Waals surface area contributed by atoms with Crippen molar-refractivity contribution >= 4 is 10.9 Å². The molecule has 84 valence electrons. The molecule has 0 radical (unpaired) electrons. The number of ether oxygens (including phenoxy) is 1. The third kappa shape index (κ3) is 2.02. The van der Waals surface area contributed by atoms with Gasteiger partial charge in [0.25, 0.3) is 0 Å². The van der Waals surface area contributed by atoms with E-state index in [9.17, 15) is 0 Å². The van der Waals surface area contributed by atoms with Gasteiger partial charge in [-0.1, -0.05) is 17.7 Å². The van der Waals surface area contributed by atoms with Crippen molar-refractivity contribution in [2.45, 2.75) is 6.92 Å². The number of benzene rings is 2.